The van der Waals surface area contributed by atoms with E-state index >= 15 is 0 Å². The van der Waals surface area contributed by atoms with Crippen LogP contribution in [0.25, 0.3) is 16.6 Å². The van der Waals surface area contributed by atoms with E-state index in [4.69, 9.17) is 4.74 Å². The van der Waals surface area contributed by atoms with Crippen LogP contribution in [0.3, 0.4) is 0 Å². The number of hydrogen-bond acceptors (Lipinski definition) is 3. The first-order valence-electron chi connectivity index (χ1n) is 9.60. The monoisotopic (exact) mass is 377 g/mol. The van der Waals surface area contributed by atoms with Crippen LogP contribution in [0.4, 0.5) is 0 Å². The first-order chi connectivity index (χ1) is 14.2. The van der Waals surface area contributed by atoms with E-state index in [1.54, 1.807) is 0 Å². The summed E-state index contributed by atoms with van der Waals surface area (Å²) in [7, 11) is 0. The number of hydrogen-bond donors (Lipinski definition) is 0. The number of imidazole rings is 1. The minimum absolute atomic E-state index is 0.479. The van der Waals surface area contributed by atoms with Gasteiger partial charge in [-0.05, 0) is 47.9 Å². The van der Waals surface area contributed by atoms with E-state index in [-0.39, 0.29) is 0 Å². The fourth-order valence-electron chi connectivity index (χ4n) is 4.00. The number of aromatic nitrogens is 2. The summed E-state index contributed by atoms with van der Waals surface area (Å²) >= 11 is 0. The average molecular weight is 377 g/mol. The Kier molecular flexibility index (Phi) is 4.14. The van der Waals surface area contributed by atoms with Gasteiger partial charge in [0.05, 0.1) is 23.4 Å². The van der Waals surface area contributed by atoms with Gasteiger partial charge in [-0.1, -0.05) is 42.5 Å². The van der Waals surface area contributed by atoms with Gasteiger partial charge in [0.1, 0.15) is 12.4 Å². The van der Waals surface area contributed by atoms with Crippen molar-refractivity contribution in [3.05, 3.63) is 101 Å². The van der Waals surface area contributed by atoms with Crippen molar-refractivity contribution in [2.24, 2.45) is 0 Å². The maximum absolute atomic E-state index is 9.60. The minimum Gasteiger partial charge on any atom is -0.488 e. The molecule has 0 amide bonds. The molecule has 4 nitrogen and oxygen atoms in total. The standard InChI is InChI=1S/C25H19N3O/c1-17(13-26)25-20-11-10-18(14-28-16-27-22-7-3-4-8-23(22)28)12-19(20)15-29-24-9-5-2-6-21(24)25/h2-12,16H,14-15H2,1H3. The Morgan fingerprint density at radius 3 is 2.79 bits per heavy atom. The van der Waals surface area contributed by atoms with Gasteiger partial charge in [0.25, 0.3) is 0 Å². The summed E-state index contributed by atoms with van der Waals surface area (Å²) in [5.41, 5.74) is 8.06. The lowest BCUT2D eigenvalue weighted by atomic mass is 9.90. The van der Waals surface area contributed by atoms with Crippen molar-refractivity contribution in [2.45, 2.75) is 20.1 Å². The van der Waals surface area contributed by atoms with Gasteiger partial charge in [0, 0.05) is 23.3 Å². The Hall–Kier alpha value is -3.84. The second kappa shape index (κ2) is 6.96. The molecule has 0 bridgehead atoms. The number of benzene rings is 3. The Labute approximate surface area is 169 Å². The van der Waals surface area contributed by atoms with Crippen LogP contribution in [-0.2, 0) is 13.2 Å². The van der Waals surface area contributed by atoms with Crippen LogP contribution in [0.15, 0.2) is 78.6 Å². The molecule has 5 rings (SSSR count). The summed E-state index contributed by atoms with van der Waals surface area (Å²) in [6.45, 7) is 3.08. The molecule has 0 N–H and O–H groups in total. The summed E-state index contributed by atoms with van der Waals surface area (Å²) in [6, 6.07) is 24.8. The summed E-state index contributed by atoms with van der Waals surface area (Å²) < 4.78 is 8.25. The van der Waals surface area contributed by atoms with E-state index < -0.39 is 0 Å². The van der Waals surface area contributed by atoms with Crippen LogP contribution < -0.4 is 4.74 Å². The highest BCUT2D eigenvalue weighted by Crippen LogP contribution is 2.38. The molecular weight excluding hydrogens is 358 g/mol. The third-order valence-corrected chi connectivity index (χ3v) is 5.40. The molecule has 3 aromatic carbocycles. The molecule has 4 heteroatoms. The Morgan fingerprint density at radius 2 is 1.90 bits per heavy atom. The van der Waals surface area contributed by atoms with Gasteiger partial charge in [0.15, 0.2) is 0 Å². The molecule has 0 spiro atoms. The molecule has 4 aromatic rings. The lowest BCUT2D eigenvalue weighted by molar-refractivity contribution is 0.307. The number of fused-ring (bicyclic) bond motifs is 3. The van der Waals surface area contributed by atoms with Crippen molar-refractivity contribution in [3.63, 3.8) is 0 Å². The lowest BCUT2D eigenvalue weighted by Crippen LogP contribution is -2.02. The van der Waals surface area contributed by atoms with E-state index in [1.165, 1.54) is 5.56 Å². The number of allylic oxidation sites excluding steroid dienone is 1. The van der Waals surface area contributed by atoms with Crippen LogP contribution in [0.2, 0.25) is 0 Å². The number of nitriles is 1. The SMILES string of the molecule is CC(C#N)=C1c2ccc(Cn3cnc4ccccc43)cc2COc2ccccc21. The number of ether oxygens (including phenoxy) is 1. The smallest absolute Gasteiger partial charge is 0.127 e. The van der Waals surface area contributed by atoms with Crippen molar-refractivity contribution in [2.75, 3.05) is 0 Å². The van der Waals surface area contributed by atoms with Gasteiger partial charge in [-0.25, -0.2) is 4.98 Å². The van der Waals surface area contributed by atoms with E-state index in [0.717, 1.165) is 45.6 Å². The summed E-state index contributed by atoms with van der Waals surface area (Å²) in [4.78, 5) is 4.49. The van der Waals surface area contributed by atoms with E-state index in [2.05, 4.69) is 39.9 Å². The maximum Gasteiger partial charge on any atom is 0.127 e. The molecular formula is C25H19N3O. The molecule has 140 valence electrons. The van der Waals surface area contributed by atoms with Crippen molar-refractivity contribution >= 4 is 16.6 Å². The minimum atomic E-state index is 0.479. The van der Waals surface area contributed by atoms with E-state index in [9.17, 15) is 5.26 Å². The van der Waals surface area contributed by atoms with Gasteiger partial charge in [-0.3, -0.25) is 0 Å². The van der Waals surface area contributed by atoms with Crippen molar-refractivity contribution in [1.29, 1.82) is 5.26 Å². The third kappa shape index (κ3) is 2.97. The van der Waals surface area contributed by atoms with E-state index in [1.807, 2.05) is 55.7 Å². The highest BCUT2D eigenvalue weighted by atomic mass is 16.5. The van der Waals surface area contributed by atoms with Gasteiger partial charge in [-0.2, -0.15) is 5.26 Å². The number of para-hydroxylation sites is 3. The summed E-state index contributed by atoms with van der Waals surface area (Å²) in [5, 5.41) is 9.60. The molecule has 0 saturated carbocycles. The summed E-state index contributed by atoms with van der Waals surface area (Å²) in [6.07, 6.45) is 1.88. The number of rotatable bonds is 2. The predicted octanol–water partition coefficient (Wildman–Crippen LogP) is 5.32. The predicted molar refractivity (Wildman–Crippen MR) is 113 cm³/mol. The normalized spacial score (nSPS) is 14.3. The average Bonchev–Trinajstić information content (AvgIpc) is 3.08. The molecule has 0 atom stereocenters. The molecule has 1 aliphatic rings. The molecule has 0 saturated heterocycles. The molecule has 1 aliphatic heterocycles. The largest absolute Gasteiger partial charge is 0.488 e. The molecule has 0 fully saturated rings. The van der Waals surface area contributed by atoms with Crippen LogP contribution in [0, 0.1) is 11.3 Å². The topological polar surface area (TPSA) is 50.8 Å². The van der Waals surface area contributed by atoms with Crippen LogP contribution in [0.1, 0.15) is 29.2 Å². The Balaban J connectivity index is 1.59. The van der Waals surface area contributed by atoms with E-state index in [0.29, 0.717) is 12.2 Å². The Bertz CT molecular complexity index is 1310. The zero-order chi connectivity index (χ0) is 19.8. The molecule has 2 heterocycles. The van der Waals surface area contributed by atoms with Crippen LogP contribution in [-0.4, -0.2) is 9.55 Å². The van der Waals surface area contributed by atoms with Gasteiger partial charge in [0.2, 0.25) is 0 Å². The molecule has 29 heavy (non-hydrogen) atoms. The molecule has 0 aliphatic carbocycles. The zero-order valence-electron chi connectivity index (χ0n) is 16.1. The summed E-state index contributed by atoms with van der Waals surface area (Å²) in [5.74, 6) is 0.815. The van der Waals surface area contributed by atoms with Gasteiger partial charge in [-0.15, -0.1) is 0 Å². The highest BCUT2D eigenvalue weighted by Gasteiger charge is 2.21. The fraction of sp³-hybridized carbons (Fsp3) is 0.120. The third-order valence-electron chi connectivity index (χ3n) is 5.40. The number of nitrogens with zero attached hydrogens (tertiary/aromatic N) is 3. The fourth-order valence-corrected chi connectivity index (χ4v) is 4.00. The second-order valence-electron chi connectivity index (χ2n) is 7.25. The van der Waals surface area contributed by atoms with Crippen molar-refractivity contribution in [3.8, 4) is 11.8 Å². The quantitative estimate of drug-likeness (QED) is 0.444. The molecule has 0 unspecified atom stereocenters. The Morgan fingerprint density at radius 1 is 1.07 bits per heavy atom. The van der Waals surface area contributed by atoms with Gasteiger partial charge >= 0.3 is 0 Å². The first kappa shape index (κ1) is 17.3. The van der Waals surface area contributed by atoms with Crippen LogP contribution in [0.5, 0.6) is 5.75 Å². The zero-order valence-corrected chi connectivity index (χ0v) is 16.1. The second-order valence-corrected chi connectivity index (χ2v) is 7.25. The first-order valence-corrected chi connectivity index (χ1v) is 9.60. The maximum atomic E-state index is 9.60. The molecule has 1 aromatic heterocycles. The van der Waals surface area contributed by atoms with Crippen LogP contribution >= 0.6 is 0 Å². The lowest BCUT2D eigenvalue weighted by Gasteiger charge is -2.13. The van der Waals surface area contributed by atoms with Crippen molar-refractivity contribution in [1.82, 2.24) is 9.55 Å². The highest BCUT2D eigenvalue weighted by molar-refractivity contribution is 5.88. The van der Waals surface area contributed by atoms with Gasteiger partial charge < -0.3 is 9.30 Å². The van der Waals surface area contributed by atoms with Crippen molar-refractivity contribution < 1.29 is 4.74 Å². The molecule has 0 radical (unpaired) electrons.